The minimum atomic E-state index is -0.446. The van der Waals surface area contributed by atoms with E-state index in [0.717, 1.165) is 0 Å². The molecule has 0 saturated heterocycles. The SMILES string of the molecule is CC(C)C(=O)Nc1ccc(NC(=O)c2nc(N)n[nH]2)cc1. The molecule has 8 heteroatoms. The lowest BCUT2D eigenvalue weighted by molar-refractivity contribution is -0.118. The topological polar surface area (TPSA) is 126 Å². The summed E-state index contributed by atoms with van der Waals surface area (Å²) < 4.78 is 0. The summed E-state index contributed by atoms with van der Waals surface area (Å²) in [6, 6.07) is 6.75. The highest BCUT2D eigenvalue weighted by molar-refractivity contribution is 6.01. The molecule has 110 valence electrons. The third-order valence-corrected chi connectivity index (χ3v) is 2.65. The Hall–Kier alpha value is -2.90. The van der Waals surface area contributed by atoms with E-state index >= 15 is 0 Å². The van der Waals surface area contributed by atoms with Gasteiger partial charge in [-0.25, -0.2) is 0 Å². The number of nitrogens with one attached hydrogen (secondary N) is 3. The van der Waals surface area contributed by atoms with Crippen LogP contribution in [0.2, 0.25) is 0 Å². The monoisotopic (exact) mass is 288 g/mol. The van der Waals surface area contributed by atoms with Crippen molar-refractivity contribution >= 4 is 29.1 Å². The predicted octanol–water partition coefficient (Wildman–Crippen LogP) is 1.23. The summed E-state index contributed by atoms with van der Waals surface area (Å²) in [7, 11) is 0. The molecule has 2 rings (SSSR count). The number of carbonyl (C=O) groups is 2. The van der Waals surface area contributed by atoms with Crippen molar-refractivity contribution in [3.63, 3.8) is 0 Å². The van der Waals surface area contributed by atoms with Crippen LogP contribution in [-0.2, 0) is 4.79 Å². The molecule has 1 heterocycles. The Labute approximate surface area is 121 Å². The lowest BCUT2D eigenvalue weighted by Crippen LogP contribution is -2.17. The molecular weight excluding hydrogens is 272 g/mol. The molecule has 1 aromatic heterocycles. The average molecular weight is 288 g/mol. The van der Waals surface area contributed by atoms with Gasteiger partial charge in [0, 0.05) is 17.3 Å². The number of aromatic nitrogens is 3. The van der Waals surface area contributed by atoms with Crippen LogP contribution in [0.5, 0.6) is 0 Å². The van der Waals surface area contributed by atoms with Crippen molar-refractivity contribution in [2.45, 2.75) is 13.8 Å². The molecule has 21 heavy (non-hydrogen) atoms. The average Bonchev–Trinajstić information content (AvgIpc) is 2.87. The molecule has 0 unspecified atom stereocenters. The Morgan fingerprint density at radius 3 is 2.19 bits per heavy atom. The van der Waals surface area contributed by atoms with Crippen LogP contribution in [0, 0.1) is 5.92 Å². The highest BCUT2D eigenvalue weighted by atomic mass is 16.2. The van der Waals surface area contributed by atoms with Crippen LogP contribution < -0.4 is 16.4 Å². The number of H-pyrrole nitrogens is 1. The molecule has 0 aliphatic carbocycles. The van der Waals surface area contributed by atoms with Gasteiger partial charge in [-0.2, -0.15) is 4.98 Å². The zero-order valence-corrected chi connectivity index (χ0v) is 11.7. The second kappa shape index (κ2) is 6.04. The molecular formula is C13H16N6O2. The third-order valence-electron chi connectivity index (χ3n) is 2.65. The standard InChI is InChI=1S/C13H16N6O2/c1-7(2)11(20)15-8-3-5-9(6-4-8)16-12(21)10-17-13(14)19-18-10/h3-7H,1-2H3,(H,15,20)(H,16,21)(H3,14,17,18,19). The lowest BCUT2D eigenvalue weighted by Gasteiger charge is -2.08. The Kier molecular flexibility index (Phi) is 4.17. The van der Waals surface area contributed by atoms with Gasteiger partial charge >= 0.3 is 0 Å². The minimum absolute atomic E-state index is 0.00638. The molecule has 0 saturated carbocycles. The molecule has 2 amide bonds. The van der Waals surface area contributed by atoms with Crippen LogP contribution in [0.25, 0.3) is 0 Å². The molecule has 2 aromatic rings. The molecule has 0 fully saturated rings. The number of rotatable bonds is 4. The smallest absolute Gasteiger partial charge is 0.293 e. The van der Waals surface area contributed by atoms with Gasteiger partial charge in [-0.1, -0.05) is 13.8 Å². The number of anilines is 3. The van der Waals surface area contributed by atoms with Crippen LogP contribution in [-0.4, -0.2) is 27.0 Å². The van der Waals surface area contributed by atoms with Crippen molar-refractivity contribution in [3.05, 3.63) is 30.1 Å². The number of nitrogen functional groups attached to an aromatic ring is 1. The second-order valence-corrected chi connectivity index (χ2v) is 4.72. The van der Waals surface area contributed by atoms with E-state index in [4.69, 9.17) is 5.73 Å². The van der Waals surface area contributed by atoms with Crippen LogP contribution in [0.4, 0.5) is 17.3 Å². The summed E-state index contributed by atoms with van der Waals surface area (Å²) in [5.41, 5.74) is 6.56. The Balaban J connectivity index is 1.99. The maximum Gasteiger partial charge on any atom is 0.293 e. The number of carbonyl (C=O) groups excluding carboxylic acids is 2. The van der Waals surface area contributed by atoms with Crippen LogP contribution in [0.15, 0.2) is 24.3 Å². The van der Waals surface area contributed by atoms with Crippen LogP contribution in [0.3, 0.4) is 0 Å². The molecule has 0 aliphatic heterocycles. The van der Waals surface area contributed by atoms with E-state index in [0.29, 0.717) is 11.4 Å². The van der Waals surface area contributed by atoms with Gasteiger partial charge in [0.15, 0.2) is 0 Å². The van der Waals surface area contributed by atoms with E-state index in [2.05, 4.69) is 25.8 Å². The first kappa shape index (κ1) is 14.5. The first-order valence-corrected chi connectivity index (χ1v) is 6.36. The van der Waals surface area contributed by atoms with Gasteiger partial charge in [0.25, 0.3) is 5.91 Å². The van der Waals surface area contributed by atoms with Gasteiger partial charge in [0.2, 0.25) is 17.7 Å². The molecule has 8 nitrogen and oxygen atoms in total. The van der Waals surface area contributed by atoms with Crippen LogP contribution >= 0.6 is 0 Å². The fraction of sp³-hybridized carbons (Fsp3) is 0.231. The molecule has 0 atom stereocenters. The van der Waals surface area contributed by atoms with Crippen molar-refractivity contribution in [2.75, 3.05) is 16.4 Å². The number of benzene rings is 1. The summed E-state index contributed by atoms with van der Waals surface area (Å²) in [4.78, 5) is 27.1. The maximum absolute atomic E-state index is 11.8. The first-order chi connectivity index (χ1) is 9.95. The highest BCUT2D eigenvalue weighted by Gasteiger charge is 2.11. The van der Waals surface area contributed by atoms with Crippen molar-refractivity contribution in [1.29, 1.82) is 0 Å². The van der Waals surface area contributed by atoms with Gasteiger partial charge in [-0.3, -0.25) is 14.7 Å². The number of nitrogens with zero attached hydrogens (tertiary/aromatic N) is 2. The largest absolute Gasteiger partial charge is 0.366 e. The Bertz CT molecular complexity index is 647. The highest BCUT2D eigenvalue weighted by Crippen LogP contribution is 2.15. The zero-order chi connectivity index (χ0) is 15.4. The van der Waals surface area contributed by atoms with Gasteiger partial charge < -0.3 is 16.4 Å². The molecule has 0 radical (unpaired) electrons. The van der Waals surface area contributed by atoms with Gasteiger partial charge in [-0.05, 0) is 24.3 Å². The van der Waals surface area contributed by atoms with Crippen molar-refractivity contribution in [2.24, 2.45) is 5.92 Å². The van der Waals surface area contributed by atoms with Crippen molar-refractivity contribution in [1.82, 2.24) is 15.2 Å². The molecule has 0 aliphatic rings. The van der Waals surface area contributed by atoms with Gasteiger partial charge in [0.1, 0.15) is 0 Å². The summed E-state index contributed by atoms with van der Waals surface area (Å²) in [6.45, 7) is 3.63. The molecule has 0 bridgehead atoms. The Morgan fingerprint density at radius 2 is 1.71 bits per heavy atom. The fourth-order valence-corrected chi connectivity index (χ4v) is 1.49. The van der Waals surface area contributed by atoms with E-state index < -0.39 is 5.91 Å². The summed E-state index contributed by atoms with van der Waals surface area (Å²) >= 11 is 0. The number of aromatic amines is 1. The molecule has 0 spiro atoms. The summed E-state index contributed by atoms with van der Waals surface area (Å²) in [6.07, 6.45) is 0. The number of hydrogen-bond donors (Lipinski definition) is 4. The molecule has 1 aromatic carbocycles. The summed E-state index contributed by atoms with van der Waals surface area (Å²) in [5, 5.41) is 11.4. The zero-order valence-electron chi connectivity index (χ0n) is 11.7. The van der Waals surface area contributed by atoms with E-state index in [1.54, 1.807) is 24.3 Å². The van der Waals surface area contributed by atoms with Gasteiger partial charge in [-0.15, -0.1) is 5.10 Å². The van der Waals surface area contributed by atoms with E-state index in [9.17, 15) is 9.59 Å². The van der Waals surface area contributed by atoms with Gasteiger partial charge in [0.05, 0.1) is 0 Å². The number of nitrogens with two attached hydrogens (primary N) is 1. The summed E-state index contributed by atoms with van der Waals surface area (Å²) in [5.74, 6) is -0.569. The number of amides is 2. The maximum atomic E-state index is 11.8. The van der Waals surface area contributed by atoms with E-state index in [1.165, 1.54) is 0 Å². The fourth-order valence-electron chi connectivity index (χ4n) is 1.49. The predicted molar refractivity (Wildman–Crippen MR) is 78.7 cm³/mol. The van der Waals surface area contributed by atoms with Crippen molar-refractivity contribution < 1.29 is 9.59 Å². The lowest BCUT2D eigenvalue weighted by atomic mass is 10.2. The molecule has 5 N–H and O–H groups in total. The van der Waals surface area contributed by atoms with Crippen LogP contribution in [0.1, 0.15) is 24.5 Å². The number of hydrogen-bond acceptors (Lipinski definition) is 5. The Morgan fingerprint density at radius 1 is 1.14 bits per heavy atom. The normalized spacial score (nSPS) is 10.4. The van der Waals surface area contributed by atoms with E-state index in [1.807, 2.05) is 13.8 Å². The third kappa shape index (κ3) is 3.78. The van der Waals surface area contributed by atoms with E-state index in [-0.39, 0.29) is 23.6 Å². The minimum Gasteiger partial charge on any atom is -0.366 e. The second-order valence-electron chi connectivity index (χ2n) is 4.72. The van der Waals surface area contributed by atoms with Crippen molar-refractivity contribution in [3.8, 4) is 0 Å². The quantitative estimate of drug-likeness (QED) is 0.673. The first-order valence-electron chi connectivity index (χ1n) is 6.36.